The van der Waals surface area contributed by atoms with E-state index in [1.54, 1.807) is 6.92 Å². The van der Waals surface area contributed by atoms with Crippen molar-refractivity contribution in [1.82, 2.24) is 0 Å². The van der Waals surface area contributed by atoms with Crippen LogP contribution in [0.25, 0.3) is 0 Å². The Hall–Kier alpha value is -2.11. The van der Waals surface area contributed by atoms with Crippen molar-refractivity contribution in [2.24, 2.45) is 10.9 Å². The topological polar surface area (TPSA) is 87.7 Å². The Bertz CT molecular complexity index is 432. The number of benzene rings is 1. The quantitative estimate of drug-likeness (QED) is 0.313. The van der Waals surface area contributed by atoms with Crippen molar-refractivity contribution in [3.63, 3.8) is 0 Å². The maximum Gasteiger partial charge on any atom is 0.224 e. The molecule has 4 N–H and O–H groups in total. The Morgan fingerprint density at radius 2 is 2.31 bits per heavy atom. The van der Waals surface area contributed by atoms with Crippen LogP contribution in [-0.2, 0) is 4.79 Å². The van der Waals surface area contributed by atoms with E-state index in [0.29, 0.717) is 12.1 Å². The maximum absolute atomic E-state index is 13.2. The van der Waals surface area contributed by atoms with Crippen molar-refractivity contribution in [1.29, 1.82) is 0 Å². The van der Waals surface area contributed by atoms with Crippen LogP contribution in [-0.4, -0.2) is 17.0 Å². The second-order valence-electron chi connectivity index (χ2n) is 3.08. The summed E-state index contributed by atoms with van der Waals surface area (Å²) in [6.45, 7) is 1.70. The Balaban J connectivity index is 3.03. The lowest BCUT2D eigenvalue weighted by Gasteiger charge is -2.06. The molecule has 0 aliphatic rings. The molecule has 0 atom stereocenters. The van der Waals surface area contributed by atoms with Gasteiger partial charge < -0.3 is 16.3 Å². The predicted molar refractivity (Wildman–Crippen MR) is 57.8 cm³/mol. The number of nitrogens with zero attached hydrogens (tertiary/aromatic N) is 1. The molecule has 16 heavy (non-hydrogen) atoms. The number of oxime groups is 1. The van der Waals surface area contributed by atoms with Crippen molar-refractivity contribution >= 4 is 17.4 Å². The van der Waals surface area contributed by atoms with Gasteiger partial charge in [0.1, 0.15) is 5.82 Å². The standard InChI is InChI=1S/C10H12FN3O2/c1-2-9(15)13-6-3-4-8(11)7(5-6)10(12)14-16/h3-5,16H,2H2,1H3,(H2,12,14)(H,13,15). The molecule has 1 aromatic carbocycles. The molecule has 1 rings (SSSR count). The summed E-state index contributed by atoms with van der Waals surface area (Å²) < 4.78 is 13.2. The van der Waals surface area contributed by atoms with Crippen LogP contribution in [0.3, 0.4) is 0 Å². The first-order valence-electron chi connectivity index (χ1n) is 4.65. The average molecular weight is 225 g/mol. The molecule has 0 radical (unpaired) electrons. The fourth-order valence-electron chi connectivity index (χ4n) is 1.10. The largest absolute Gasteiger partial charge is 0.409 e. The van der Waals surface area contributed by atoms with Gasteiger partial charge in [-0.25, -0.2) is 4.39 Å². The number of carbonyl (C=O) groups is 1. The highest BCUT2D eigenvalue weighted by molar-refractivity contribution is 5.99. The first-order chi connectivity index (χ1) is 7.58. The van der Waals surface area contributed by atoms with Crippen molar-refractivity contribution in [2.75, 3.05) is 5.32 Å². The smallest absolute Gasteiger partial charge is 0.224 e. The second kappa shape index (κ2) is 5.11. The van der Waals surface area contributed by atoms with Crippen molar-refractivity contribution in [3.8, 4) is 0 Å². The number of amidine groups is 1. The van der Waals surface area contributed by atoms with E-state index in [1.807, 2.05) is 0 Å². The van der Waals surface area contributed by atoms with Gasteiger partial charge >= 0.3 is 0 Å². The van der Waals surface area contributed by atoms with Gasteiger partial charge in [0.2, 0.25) is 5.91 Å². The predicted octanol–water partition coefficient (Wildman–Crippen LogP) is 1.27. The minimum atomic E-state index is -0.621. The van der Waals surface area contributed by atoms with Gasteiger partial charge in [-0.3, -0.25) is 4.79 Å². The molecule has 6 heteroatoms. The van der Waals surface area contributed by atoms with Gasteiger partial charge in [-0.2, -0.15) is 0 Å². The van der Waals surface area contributed by atoms with Gasteiger partial charge in [0.15, 0.2) is 5.84 Å². The molecule has 0 heterocycles. The van der Waals surface area contributed by atoms with E-state index in [0.717, 1.165) is 6.07 Å². The van der Waals surface area contributed by atoms with E-state index in [2.05, 4.69) is 10.5 Å². The number of hydrogen-bond donors (Lipinski definition) is 3. The number of nitrogens with two attached hydrogens (primary N) is 1. The van der Waals surface area contributed by atoms with Gasteiger partial charge in [-0.15, -0.1) is 0 Å². The van der Waals surface area contributed by atoms with Crippen LogP contribution in [0.1, 0.15) is 18.9 Å². The lowest BCUT2D eigenvalue weighted by molar-refractivity contribution is -0.115. The zero-order valence-corrected chi connectivity index (χ0v) is 8.70. The summed E-state index contributed by atoms with van der Waals surface area (Å²) in [5, 5.41) is 13.7. The minimum absolute atomic E-state index is 0.0589. The number of anilines is 1. The lowest BCUT2D eigenvalue weighted by Crippen LogP contribution is -2.16. The van der Waals surface area contributed by atoms with Crippen molar-refractivity contribution in [2.45, 2.75) is 13.3 Å². The molecular weight excluding hydrogens is 213 g/mol. The average Bonchev–Trinajstić information content (AvgIpc) is 2.30. The van der Waals surface area contributed by atoms with E-state index in [-0.39, 0.29) is 17.3 Å². The van der Waals surface area contributed by atoms with Gasteiger partial charge in [0.05, 0.1) is 5.56 Å². The molecule has 0 unspecified atom stereocenters. The van der Waals surface area contributed by atoms with Crippen LogP contribution in [0.2, 0.25) is 0 Å². The Kier molecular flexibility index (Phi) is 3.82. The molecule has 0 aliphatic carbocycles. The van der Waals surface area contributed by atoms with E-state index >= 15 is 0 Å². The third-order valence-corrected chi connectivity index (χ3v) is 1.95. The van der Waals surface area contributed by atoms with Crippen LogP contribution in [0.15, 0.2) is 23.4 Å². The Morgan fingerprint density at radius 1 is 1.62 bits per heavy atom. The molecule has 0 aromatic heterocycles. The summed E-state index contributed by atoms with van der Waals surface area (Å²) in [5.41, 5.74) is 5.61. The zero-order chi connectivity index (χ0) is 12.1. The zero-order valence-electron chi connectivity index (χ0n) is 8.70. The van der Waals surface area contributed by atoms with E-state index in [9.17, 15) is 9.18 Å². The molecule has 1 aromatic rings. The number of rotatable bonds is 3. The second-order valence-corrected chi connectivity index (χ2v) is 3.08. The number of nitrogens with one attached hydrogen (secondary N) is 1. The molecule has 1 amide bonds. The molecule has 5 nitrogen and oxygen atoms in total. The number of amides is 1. The molecule has 0 saturated carbocycles. The highest BCUT2D eigenvalue weighted by Crippen LogP contribution is 2.14. The molecule has 86 valence electrons. The third kappa shape index (κ3) is 2.69. The van der Waals surface area contributed by atoms with E-state index < -0.39 is 5.82 Å². The summed E-state index contributed by atoms with van der Waals surface area (Å²) in [6.07, 6.45) is 0.316. The van der Waals surface area contributed by atoms with Gasteiger partial charge in [0, 0.05) is 12.1 Å². The summed E-state index contributed by atoms with van der Waals surface area (Å²) in [6, 6.07) is 3.84. The lowest BCUT2D eigenvalue weighted by atomic mass is 10.1. The first kappa shape index (κ1) is 12.0. The summed E-state index contributed by atoms with van der Waals surface area (Å²) in [7, 11) is 0. The highest BCUT2D eigenvalue weighted by atomic mass is 19.1. The molecular formula is C10H12FN3O2. The van der Waals surface area contributed by atoms with Crippen LogP contribution in [0.5, 0.6) is 0 Å². The molecule has 0 fully saturated rings. The minimum Gasteiger partial charge on any atom is -0.409 e. The van der Waals surface area contributed by atoms with Crippen molar-refractivity contribution in [3.05, 3.63) is 29.6 Å². The summed E-state index contributed by atoms with van der Waals surface area (Å²) >= 11 is 0. The first-order valence-corrected chi connectivity index (χ1v) is 4.65. The van der Waals surface area contributed by atoms with Crippen LogP contribution < -0.4 is 11.1 Å². The Labute approximate surface area is 91.8 Å². The van der Waals surface area contributed by atoms with Crippen LogP contribution >= 0.6 is 0 Å². The Morgan fingerprint density at radius 3 is 2.88 bits per heavy atom. The number of carbonyl (C=O) groups excluding carboxylic acids is 1. The van der Waals surface area contributed by atoms with Gasteiger partial charge in [-0.05, 0) is 18.2 Å². The summed E-state index contributed by atoms with van der Waals surface area (Å²) in [5.74, 6) is -1.16. The molecule has 0 spiro atoms. The van der Waals surface area contributed by atoms with Crippen LogP contribution in [0, 0.1) is 5.82 Å². The number of hydrogen-bond acceptors (Lipinski definition) is 3. The fraction of sp³-hybridized carbons (Fsp3) is 0.200. The third-order valence-electron chi connectivity index (χ3n) is 1.95. The molecule has 0 aliphatic heterocycles. The highest BCUT2D eigenvalue weighted by Gasteiger charge is 2.09. The monoisotopic (exact) mass is 225 g/mol. The maximum atomic E-state index is 13.2. The van der Waals surface area contributed by atoms with Crippen molar-refractivity contribution < 1.29 is 14.4 Å². The fourth-order valence-corrected chi connectivity index (χ4v) is 1.10. The summed E-state index contributed by atoms with van der Waals surface area (Å²) in [4.78, 5) is 11.1. The van der Waals surface area contributed by atoms with Gasteiger partial charge in [-0.1, -0.05) is 12.1 Å². The number of halogens is 1. The van der Waals surface area contributed by atoms with E-state index in [4.69, 9.17) is 10.9 Å². The van der Waals surface area contributed by atoms with Gasteiger partial charge in [0.25, 0.3) is 0 Å². The SMILES string of the molecule is CCC(=O)Nc1ccc(F)c(C(N)=NO)c1. The van der Waals surface area contributed by atoms with Crippen LogP contribution in [0.4, 0.5) is 10.1 Å². The molecule has 0 bridgehead atoms. The normalized spacial score (nSPS) is 11.2. The van der Waals surface area contributed by atoms with E-state index in [1.165, 1.54) is 12.1 Å². The molecule has 0 saturated heterocycles.